The van der Waals surface area contributed by atoms with Crippen LogP contribution >= 0.6 is 0 Å². The molecule has 33 heavy (non-hydrogen) atoms. The van der Waals surface area contributed by atoms with Gasteiger partial charge in [0.25, 0.3) is 0 Å². The minimum absolute atomic E-state index is 0.0713. The fraction of sp³-hybridized carbons (Fsp3) is 0.120. The van der Waals surface area contributed by atoms with E-state index in [9.17, 15) is 13.2 Å². The molecule has 0 aliphatic carbocycles. The second kappa shape index (κ2) is 8.12. The first-order chi connectivity index (χ1) is 15.9. The number of hydrogen-bond donors (Lipinski definition) is 0. The Balaban J connectivity index is 1.57. The van der Waals surface area contributed by atoms with Crippen LogP contribution in [0, 0.1) is 0 Å². The summed E-state index contributed by atoms with van der Waals surface area (Å²) in [4.78, 5) is 4.52. The number of aromatic nitrogens is 3. The molecule has 0 amide bonds. The number of fused-ring (bicyclic) bond motifs is 3. The summed E-state index contributed by atoms with van der Waals surface area (Å²) in [6.45, 7) is 0.0713. The number of hydrogen-bond acceptors (Lipinski definition) is 4. The van der Waals surface area contributed by atoms with Gasteiger partial charge in [-0.2, -0.15) is 23.0 Å². The lowest BCUT2D eigenvalue weighted by Crippen LogP contribution is -2.06. The van der Waals surface area contributed by atoms with Crippen LogP contribution in [0.5, 0.6) is 11.6 Å². The number of alkyl halides is 3. The third kappa shape index (κ3) is 3.95. The largest absolute Gasteiger partial charge is 0.497 e. The number of rotatable bonds is 5. The third-order valence-electron chi connectivity index (χ3n) is 5.34. The first-order valence-corrected chi connectivity index (χ1v) is 10.1. The van der Waals surface area contributed by atoms with Gasteiger partial charge in [-0.1, -0.05) is 30.3 Å². The maximum Gasteiger partial charge on any atom is 0.416 e. The van der Waals surface area contributed by atoms with Crippen molar-refractivity contribution in [1.82, 2.24) is 14.8 Å². The summed E-state index contributed by atoms with van der Waals surface area (Å²) in [7, 11) is 1.59. The van der Waals surface area contributed by atoms with Crippen molar-refractivity contribution in [3.8, 4) is 17.3 Å². The van der Waals surface area contributed by atoms with Gasteiger partial charge < -0.3 is 9.47 Å². The van der Waals surface area contributed by atoms with Crippen molar-refractivity contribution in [2.45, 2.75) is 12.8 Å². The molecule has 2 aromatic heterocycles. The van der Waals surface area contributed by atoms with E-state index in [1.807, 2.05) is 48.5 Å². The predicted molar refractivity (Wildman–Crippen MR) is 119 cm³/mol. The van der Waals surface area contributed by atoms with E-state index in [2.05, 4.69) is 4.98 Å². The topological polar surface area (TPSA) is 49.2 Å². The highest BCUT2D eigenvalue weighted by Gasteiger charge is 2.30. The molecule has 0 aliphatic rings. The molecule has 5 aromatic rings. The van der Waals surface area contributed by atoms with Crippen molar-refractivity contribution in [2.24, 2.45) is 0 Å². The normalized spacial score (nSPS) is 11.8. The molecule has 3 aromatic carbocycles. The number of ether oxygens (including phenoxy) is 2. The van der Waals surface area contributed by atoms with E-state index < -0.39 is 11.7 Å². The first kappa shape index (κ1) is 20.8. The monoisotopic (exact) mass is 449 g/mol. The van der Waals surface area contributed by atoms with Gasteiger partial charge in [0, 0.05) is 11.6 Å². The van der Waals surface area contributed by atoms with Crippen molar-refractivity contribution in [1.29, 1.82) is 0 Å². The van der Waals surface area contributed by atoms with Gasteiger partial charge in [-0.25, -0.2) is 0 Å². The number of nitrogens with zero attached hydrogens (tertiary/aromatic N) is 3. The van der Waals surface area contributed by atoms with Crippen molar-refractivity contribution >= 4 is 21.8 Å². The van der Waals surface area contributed by atoms with Gasteiger partial charge >= 0.3 is 6.18 Å². The fourth-order valence-corrected chi connectivity index (χ4v) is 3.63. The zero-order chi connectivity index (χ0) is 23.0. The van der Waals surface area contributed by atoms with Crippen LogP contribution in [0.25, 0.3) is 27.5 Å². The Morgan fingerprint density at radius 1 is 0.879 bits per heavy atom. The van der Waals surface area contributed by atoms with Gasteiger partial charge in [0.1, 0.15) is 17.9 Å². The molecular formula is C25H18F3N3O2. The van der Waals surface area contributed by atoms with E-state index in [0.29, 0.717) is 22.6 Å². The second-order valence-electron chi connectivity index (χ2n) is 7.44. The third-order valence-corrected chi connectivity index (χ3v) is 5.34. The Labute approximate surface area is 187 Å². The van der Waals surface area contributed by atoms with E-state index in [1.165, 1.54) is 12.1 Å². The highest BCUT2D eigenvalue weighted by atomic mass is 19.4. The molecular weight excluding hydrogens is 431 g/mol. The smallest absolute Gasteiger partial charge is 0.416 e. The van der Waals surface area contributed by atoms with E-state index in [-0.39, 0.29) is 6.61 Å². The Bertz CT molecular complexity index is 1430. The Hall–Kier alpha value is -4.07. The lowest BCUT2D eigenvalue weighted by Gasteiger charge is -2.11. The number of halogens is 3. The van der Waals surface area contributed by atoms with Crippen molar-refractivity contribution in [3.05, 3.63) is 90.1 Å². The van der Waals surface area contributed by atoms with Crippen LogP contribution in [0.4, 0.5) is 13.2 Å². The van der Waals surface area contributed by atoms with Crippen LogP contribution < -0.4 is 9.47 Å². The molecule has 0 fully saturated rings. The van der Waals surface area contributed by atoms with Crippen LogP contribution in [0.1, 0.15) is 11.1 Å². The standard InChI is InChI=1S/C25H18F3N3O2/c1-32-19-12-10-18(11-13-19)31-24(33-15-16-6-8-17(9-7-16)25(26,27)28)21-14-29-22-5-3-2-4-20(22)23(21)30-31/h2-14H,15H2,1H3. The van der Waals surface area contributed by atoms with Crippen LogP contribution in [0.15, 0.2) is 79.0 Å². The molecule has 0 atom stereocenters. The second-order valence-corrected chi connectivity index (χ2v) is 7.44. The van der Waals surface area contributed by atoms with Gasteiger partial charge in [0.15, 0.2) is 0 Å². The molecule has 0 spiro atoms. The van der Waals surface area contributed by atoms with Gasteiger partial charge in [-0.15, -0.1) is 0 Å². The molecule has 0 radical (unpaired) electrons. The van der Waals surface area contributed by atoms with Crippen molar-refractivity contribution in [3.63, 3.8) is 0 Å². The lowest BCUT2D eigenvalue weighted by atomic mass is 10.1. The molecule has 0 N–H and O–H groups in total. The summed E-state index contributed by atoms with van der Waals surface area (Å²) < 4.78 is 51.6. The molecule has 8 heteroatoms. The summed E-state index contributed by atoms with van der Waals surface area (Å²) in [6.07, 6.45) is -2.68. The van der Waals surface area contributed by atoms with Gasteiger partial charge in [-0.05, 0) is 48.0 Å². The number of benzene rings is 3. The lowest BCUT2D eigenvalue weighted by molar-refractivity contribution is -0.137. The fourth-order valence-electron chi connectivity index (χ4n) is 3.63. The predicted octanol–water partition coefficient (Wildman–Crippen LogP) is 6.18. The molecule has 0 unspecified atom stereocenters. The van der Waals surface area contributed by atoms with Crippen molar-refractivity contribution in [2.75, 3.05) is 7.11 Å². The van der Waals surface area contributed by atoms with E-state index in [4.69, 9.17) is 14.6 Å². The van der Waals surface area contributed by atoms with Crippen LogP contribution in [0.3, 0.4) is 0 Å². The van der Waals surface area contributed by atoms with Gasteiger partial charge in [0.2, 0.25) is 5.88 Å². The molecule has 2 heterocycles. The maximum absolute atomic E-state index is 12.9. The molecule has 5 nitrogen and oxygen atoms in total. The van der Waals surface area contributed by atoms with Gasteiger partial charge in [0.05, 0.1) is 29.3 Å². The SMILES string of the molecule is COc1ccc(-n2nc3c(cnc4ccccc43)c2OCc2ccc(C(F)(F)F)cc2)cc1. The van der Waals surface area contributed by atoms with Gasteiger partial charge in [-0.3, -0.25) is 4.98 Å². The van der Waals surface area contributed by atoms with Crippen LogP contribution in [-0.4, -0.2) is 21.9 Å². The maximum atomic E-state index is 12.9. The Morgan fingerprint density at radius 2 is 1.61 bits per heavy atom. The summed E-state index contributed by atoms with van der Waals surface area (Å²) in [5.41, 5.74) is 2.18. The highest BCUT2D eigenvalue weighted by molar-refractivity contribution is 6.05. The zero-order valence-electron chi connectivity index (χ0n) is 17.5. The zero-order valence-corrected chi connectivity index (χ0v) is 17.5. The first-order valence-electron chi connectivity index (χ1n) is 10.1. The highest BCUT2D eigenvalue weighted by Crippen LogP contribution is 2.34. The van der Waals surface area contributed by atoms with E-state index in [0.717, 1.165) is 34.2 Å². The Kier molecular flexibility index (Phi) is 5.12. The summed E-state index contributed by atoms with van der Waals surface area (Å²) >= 11 is 0. The summed E-state index contributed by atoms with van der Waals surface area (Å²) in [6, 6.07) is 19.9. The number of methoxy groups -OCH3 is 1. The molecule has 0 saturated heterocycles. The molecule has 166 valence electrons. The molecule has 0 bridgehead atoms. The van der Waals surface area contributed by atoms with E-state index >= 15 is 0 Å². The molecule has 5 rings (SSSR count). The summed E-state index contributed by atoms with van der Waals surface area (Å²) in [5, 5.41) is 6.37. The summed E-state index contributed by atoms with van der Waals surface area (Å²) in [5.74, 6) is 1.16. The molecule has 0 aliphatic heterocycles. The molecule has 0 saturated carbocycles. The quantitative estimate of drug-likeness (QED) is 0.322. The van der Waals surface area contributed by atoms with Crippen molar-refractivity contribution < 1.29 is 22.6 Å². The average molecular weight is 449 g/mol. The average Bonchev–Trinajstić information content (AvgIpc) is 3.21. The minimum Gasteiger partial charge on any atom is -0.497 e. The number of pyridine rings is 1. The van der Waals surface area contributed by atoms with Crippen LogP contribution in [-0.2, 0) is 12.8 Å². The minimum atomic E-state index is -4.38. The van der Waals surface area contributed by atoms with Crippen LogP contribution in [0.2, 0.25) is 0 Å². The Morgan fingerprint density at radius 3 is 2.30 bits per heavy atom. The number of para-hydroxylation sites is 1. The van der Waals surface area contributed by atoms with E-state index in [1.54, 1.807) is 18.0 Å².